The van der Waals surface area contributed by atoms with Gasteiger partial charge in [0.1, 0.15) is 17.3 Å². The Balaban J connectivity index is 1.78. The highest BCUT2D eigenvalue weighted by molar-refractivity contribution is 6.36. The van der Waals surface area contributed by atoms with E-state index >= 15 is 0 Å². The lowest BCUT2D eigenvalue weighted by atomic mass is 10.0. The summed E-state index contributed by atoms with van der Waals surface area (Å²) in [5.74, 6) is -0.824. The second kappa shape index (κ2) is 8.85. The monoisotopic (exact) mass is 450 g/mol. The molecule has 1 N–H and O–H groups in total. The van der Waals surface area contributed by atoms with Crippen LogP contribution < -0.4 is 10.1 Å². The molecule has 162 valence electrons. The minimum Gasteiger partial charge on any atom is -0.496 e. The average molecular weight is 451 g/mol. The van der Waals surface area contributed by atoms with Gasteiger partial charge in [-0.25, -0.2) is 4.39 Å². The molecule has 5 nitrogen and oxygen atoms in total. The zero-order valence-electron chi connectivity index (χ0n) is 17.5. The van der Waals surface area contributed by atoms with E-state index in [2.05, 4.69) is 5.32 Å². The Bertz CT molecular complexity index is 1240. The van der Waals surface area contributed by atoms with Crippen LogP contribution >= 0.6 is 11.6 Å². The summed E-state index contributed by atoms with van der Waals surface area (Å²) in [7, 11) is 1.53. The standard InChI is InChI=1S/C25H20ClFN2O3/c1-15-7-10-18(26)13-20(15)28-23-22(16-8-11-19(27)12-9-16)24(30)29(25(23)31)14-17-5-3-4-6-21(17)32-2/h3-13,28H,14H2,1-2H3. The Kier molecular flexibility index (Phi) is 5.97. The topological polar surface area (TPSA) is 58.6 Å². The Morgan fingerprint density at radius 3 is 2.44 bits per heavy atom. The van der Waals surface area contributed by atoms with Crippen LogP contribution in [0.25, 0.3) is 5.57 Å². The van der Waals surface area contributed by atoms with E-state index in [1.165, 1.54) is 31.4 Å². The molecule has 32 heavy (non-hydrogen) atoms. The van der Waals surface area contributed by atoms with E-state index in [-0.39, 0.29) is 17.8 Å². The van der Waals surface area contributed by atoms with E-state index in [0.717, 1.165) is 10.5 Å². The van der Waals surface area contributed by atoms with Crippen LogP contribution in [0.3, 0.4) is 0 Å². The van der Waals surface area contributed by atoms with Crippen molar-refractivity contribution in [2.75, 3.05) is 12.4 Å². The summed E-state index contributed by atoms with van der Waals surface area (Å²) in [6, 6.07) is 17.9. The first-order chi connectivity index (χ1) is 15.4. The van der Waals surface area contributed by atoms with E-state index in [0.29, 0.717) is 27.6 Å². The van der Waals surface area contributed by atoms with E-state index in [4.69, 9.17) is 16.3 Å². The lowest BCUT2D eigenvalue weighted by molar-refractivity contribution is -0.137. The zero-order valence-corrected chi connectivity index (χ0v) is 18.2. The molecular weight excluding hydrogens is 431 g/mol. The van der Waals surface area contributed by atoms with Crippen molar-refractivity contribution in [3.63, 3.8) is 0 Å². The third-order valence-corrected chi connectivity index (χ3v) is 5.52. The number of halogens is 2. The Labute approximate surface area is 190 Å². The Morgan fingerprint density at radius 2 is 1.72 bits per heavy atom. The number of aryl methyl sites for hydroxylation is 1. The number of para-hydroxylation sites is 1. The van der Waals surface area contributed by atoms with E-state index in [1.54, 1.807) is 24.3 Å². The predicted molar refractivity (Wildman–Crippen MR) is 122 cm³/mol. The third-order valence-electron chi connectivity index (χ3n) is 5.28. The number of carbonyl (C=O) groups excluding carboxylic acids is 2. The second-order valence-corrected chi connectivity index (χ2v) is 7.79. The van der Waals surface area contributed by atoms with Crippen molar-refractivity contribution in [2.45, 2.75) is 13.5 Å². The second-order valence-electron chi connectivity index (χ2n) is 7.35. The van der Waals surface area contributed by atoms with Crippen molar-refractivity contribution in [3.05, 3.63) is 100.0 Å². The number of imide groups is 1. The SMILES string of the molecule is COc1ccccc1CN1C(=O)C(Nc2cc(Cl)ccc2C)=C(c2ccc(F)cc2)C1=O. The fourth-order valence-corrected chi connectivity index (χ4v) is 3.76. The molecule has 0 aliphatic carbocycles. The molecule has 0 fully saturated rings. The predicted octanol–water partition coefficient (Wildman–Crippen LogP) is 5.19. The molecule has 7 heteroatoms. The molecule has 0 saturated carbocycles. The van der Waals surface area contributed by atoms with Gasteiger partial charge in [-0.3, -0.25) is 14.5 Å². The van der Waals surface area contributed by atoms with Gasteiger partial charge in [0.05, 0.1) is 19.2 Å². The normalized spacial score (nSPS) is 13.7. The van der Waals surface area contributed by atoms with E-state index < -0.39 is 17.6 Å². The maximum Gasteiger partial charge on any atom is 0.278 e. The number of methoxy groups -OCH3 is 1. The molecule has 1 heterocycles. The van der Waals surface area contributed by atoms with Crippen LogP contribution in [-0.2, 0) is 16.1 Å². The summed E-state index contributed by atoms with van der Waals surface area (Å²) in [5, 5.41) is 3.59. The van der Waals surface area contributed by atoms with Crippen LogP contribution in [0.15, 0.2) is 72.4 Å². The molecule has 3 aromatic carbocycles. The van der Waals surface area contributed by atoms with Gasteiger partial charge in [0.2, 0.25) is 0 Å². The van der Waals surface area contributed by atoms with Gasteiger partial charge < -0.3 is 10.1 Å². The molecule has 0 radical (unpaired) electrons. The number of rotatable bonds is 6. The molecule has 0 aromatic heterocycles. The molecular formula is C25H20ClFN2O3. The smallest absolute Gasteiger partial charge is 0.278 e. The molecule has 3 aromatic rings. The number of hydrogen-bond acceptors (Lipinski definition) is 4. The lowest BCUT2D eigenvalue weighted by Gasteiger charge is -2.17. The van der Waals surface area contributed by atoms with Gasteiger partial charge in [0.15, 0.2) is 0 Å². The van der Waals surface area contributed by atoms with Gasteiger partial charge in [0.25, 0.3) is 11.8 Å². The van der Waals surface area contributed by atoms with Crippen LogP contribution in [-0.4, -0.2) is 23.8 Å². The first-order valence-electron chi connectivity index (χ1n) is 9.90. The Hall–Kier alpha value is -3.64. The molecule has 4 rings (SSSR count). The highest BCUT2D eigenvalue weighted by atomic mass is 35.5. The van der Waals surface area contributed by atoms with Crippen molar-refractivity contribution in [2.24, 2.45) is 0 Å². The summed E-state index contributed by atoms with van der Waals surface area (Å²) in [4.78, 5) is 28.0. The van der Waals surface area contributed by atoms with Gasteiger partial charge in [-0.1, -0.05) is 48.0 Å². The van der Waals surface area contributed by atoms with Crippen molar-refractivity contribution in [1.82, 2.24) is 4.90 Å². The van der Waals surface area contributed by atoms with E-state index in [1.807, 2.05) is 25.1 Å². The Morgan fingerprint density at radius 1 is 1.00 bits per heavy atom. The quantitative estimate of drug-likeness (QED) is 0.525. The first-order valence-corrected chi connectivity index (χ1v) is 10.3. The molecule has 0 saturated heterocycles. The van der Waals surface area contributed by atoms with Crippen molar-refractivity contribution < 1.29 is 18.7 Å². The molecule has 0 atom stereocenters. The third kappa shape index (κ3) is 4.09. The summed E-state index contributed by atoms with van der Waals surface area (Å²) < 4.78 is 18.9. The highest BCUT2D eigenvalue weighted by Gasteiger charge is 2.39. The molecule has 1 aliphatic heterocycles. The minimum absolute atomic E-state index is 0.0338. The number of amides is 2. The van der Waals surface area contributed by atoms with Gasteiger partial charge in [-0.15, -0.1) is 0 Å². The van der Waals surface area contributed by atoms with E-state index in [9.17, 15) is 14.0 Å². The van der Waals surface area contributed by atoms with Crippen LogP contribution in [0.2, 0.25) is 5.02 Å². The molecule has 0 unspecified atom stereocenters. The summed E-state index contributed by atoms with van der Waals surface area (Å²) in [6.45, 7) is 1.90. The maximum atomic E-state index is 13.5. The van der Waals surface area contributed by atoms with Gasteiger partial charge in [0, 0.05) is 16.3 Å². The zero-order chi connectivity index (χ0) is 22.8. The number of carbonyl (C=O) groups is 2. The number of nitrogens with zero attached hydrogens (tertiary/aromatic N) is 1. The van der Waals surface area contributed by atoms with Gasteiger partial charge in [-0.2, -0.15) is 0 Å². The first kappa shape index (κ1) is 21.6. The van der Waals surface area contributed by atoms with Crippen LogP contribution in [0, 0.1) is 12.7 Å². The summed E-state index contributed by atoms with van der Waals surface area (Å²) in [5.41, 5.74) is 2.87. The summed E-state index contributed by atoms with van der Waals surface area (Å²) >= 11 is 6.13. The van der Waals surface area contributed by atoms with Crippen molar-refractivity contribution in [3.8, 4) is 5.75 Å². The van der Waals surface area contributed by atoms with Crippen molar-refractivity contribution in [1.29, 1.82) is 0 Å². The van der Waals surface area contributed by atoms with Gasteiger partial charge >= 0.3 is 0 Å². The fourth-order valence-electron chi connectivity index (χ4n) is 3.59. The fraction of sp³-hybridized carbons (Fsp3) is 0.120. The lowest BCUT2D eigenvalue weighted by Crippen LogP contribution is -2.32. The molecule has 0 bridgehead atoms. The van der Waals surface area contributed by atoms with Crippen molar-refractivity contribution >= 4 is 34.7 Å². The molecule has 2 amide bonds. The number of anilines is 1. The number of ether oxygens (including phenoxy) is 1. The minimum atomic E-state index is -0.486. The molecule has 0 spiro atoms. The highest BCUT2D eigenvalue weighted by Crippen LogP contribution is 2.34. The molecule has 1 aliphatic rings. The number of nitrogens with one attached hydrogen (secondary N) is 1. The number of hydrogen-bond donors (Lipinski definition) is 1. The van der Waals surface area contributed by atoms with Crippen LogP contribution in [0.1, 0.15) is 16.7 Å². The maximum absolute atomic E-state index is 13.5. The summed E-state index contributed by atoms with van der Waals surface area (Å²) in [6.07, 6.45) is 0. The van der Waals surface area contributed by atoms with Crippen LogP contribution in [0.4, 0.5) is 10.1 Å². The average Bonchev–Trinajstić information content (AvgIpc) is 3.01. The van der Waals surface area contributed by atoms with Gasteiger partial charge in [-0.05, 0) is 48.4 Å². The number of benzene rings is 3. The van der Waals surface area contributed by atoms with Crippen LogP contribution in [0.5, 0.6) is 5.75 Å². The largest absolute Gasteiger partial charge is 0.496 e.